The monoisotopic (exact) mass is 314 g/mol. The maximum atomic E-state index is 6.01. The molecule has 0 saturated heterocycles. The van der Waals surface area contributed by atoms with Crippen molar-refractivity contribution in [3.63, 3.8) is 0 Å². The lowest BCUT2D eigenvalue weighted by Gasteiger charge is -2.12. The van der Waals surface area contributed by atoms with Gasteiger partial charge in [-0.3, -0.25) is 4.68 Å². The van der Waals surface area contributed by atoms with E-state index in [1.807, 2.05) is 50.6 Å². The quantitative estimate of drug-likeness (QED) is 0.801. The molecule has 0 radical (unpaired) electrons. The van der Waals surface area contributed by atoms with E-state index in [4.69, 9.17) is 11.6 Å². The van der Waals surface area contributed by atoms with Crippen molar-refractivity contribution in [2.24, 2.45) is 7.05 Å². The van der Waals surface area contributed by atoms with E-state index in [1.54, 1.807) is 10.9 Å². The maximum absolute atomic E-state index is 6.01. The van der Waals surface area contributed by atoms with Crippen molar-refractivity contribution >= 4 is 17.5 Å². The van der Waals surface area contributed by atoms with Crippen molar-refractivity contribution < 1.29 is 0 Å². The third-order valence-electron chi connectivity index (χ3n) is 3.25. The third-order valence-corrected chi connectivity index (χ3v) is 3.48. The summed E-state index contributed by atoms with van der Waals surface area (Å²) >= 11 is 6.01. The van der Waals surface area contributed by atoms with Gasteiger partial charge in [0.2, 0.25) is 5.95 Å². The fourth-order valence-corrected chi connectivity index (χ4v) is 2.28. The molecule has 0 aliphatic heterocycles. The Morgan fingerprint density at radius 3 is 2.86 bits per heavy atom. The van der Waals surface area contributed by atoms with E-state index in [-0.39, 0.29) is 6.04 Å². The summed E-state index contributed by atoms with van der Waals surface area (Å²) < 4.78 is 1.76. The molecule has 0 amide bonds. The number of halogens is 1. The fourth-order valence-electron chi connectivity index (χ4n) is 2.09. The van der Waals surface area contributed by atoms with Crippen LogP contribution in [0.15, 0.2) is 42.9 Å². The summed E-state index contributed by atoms with van der Waals surface area (Å²) in [6.45, 7) is 2.02. The minimum absolute atomic E-state index is 0.0325. The molecule has 3 aromatic rings. The second-order valence-corrected chi connectivity index (χ2v) is 5.43. The number of nitrogens with zero attached hydrogens (tertiary/aromatic N) is 5. The van der Waals surface area contributed by atoms with Crippen LogP contribution in [0, 0.1) is 0 Å². The summed E-state index contributed by atoms with van der Waals surface area (Å²) in [7, 11) is 1.88. The molecule has 112 valence electrons. The Morgan fingerprint density at radius 2 is 2.14 bits per heavy atom. The lowest BCUT2D eigenvalue weighted by atomic mass is 10.2. The van der Waals surface area contributed by atoms with Crippen LogP contribution in [0.2, 0.25) is 5.02 Å². The molecule has 0 fully saturated rings. The van der Waals surface area contributed by atoms with Gasteiger partial charge in [0.05, 0.1) is 24.1 Å². The Bertz CT molecular complexity index is 785. The summed E-state index contributed by atoms with van der Waals surface area (Å²) in [4.78, 5) is 4.49. The van der Waals surface area contributed by atoms with E-state index in [1.165, 1.54) is 0 Å². The van der Waals surface area contributed by atoms with Crippen LogP contribution >= 0.6 is 11.6 Å². The van der Waals surface area contributed by atoms with Gasteiger partial charge in [0.1, 0.15) is 0 Å². The number of anilines is 1. The molecule has 0 aliphatic carbocycles. The van der Waals surface area contributed by atoms with Crippen LogP contribution in [-0.4, -0.2) is 25.0 Å². The van der Waals surface area contributed by atoms with Crippen LogP contribution in [0.4, 0.5) is 5.95 Å². The Balaban J connectivity index is 1.82. The molecule has 0 bridgehead atoms. The highest BCUT2D eigenvalue weighted by Gasteiger charge is 2.10. The Hall–Kier alpha value is -2.47. The first-order chi connectivity index (χ1) is 10.6. The van der Waals surface area contributed by atoms with Gasteiger partial charge >= 0.3 is 0 Å². The smallest absolute Gasteiger partial charge is 0.243 e. The van der Waals surface area contributed by atoms with Gasteiger partial charge in [0, 0.05) is 29.4 Å². The van der Waals surface area contributed by atoms with E-state index in [9.17, 15) is 0 Å². The number of aryl methyl sites for hydroxylation is 1. The molecule has 1 aromatic carbocycles. The minimum Gasteiger partial charge on any atom is -0.346 e. The lowest BCUT2D eigenvalue weighted by Crippen LogP contribution is -2.10. The number of nitrogens with one attached hydrogen (secondary N) is 1. The standard InChI is InChI=1S/C15H15ClN6/c1-10(12-7-18-22(2)9-12)19-15-20-14(8-17-21-15)11-4-3-5-13(16)6-11/h3-10H,1-2H3,(H,19,20,21). The topological polar surface area (TPSA) is 68.5 Å². The number of benzene rings is 1. The molecule has 0 spiro atoms. The zero-order chi connectivity index (χ0) is 15.5. The van der Waals surface area contributed by atoms with Crippen molar-refractivity contribution in [2.45, 2.75) is 13.0 Å². The van der Waals surface area contributed by atoms with Gasteiger partial charge in [-0.15, -0.1) is 5.10 Å². The lowest BCUT2D eigenvalue weighted by molar-refractivity contribution is 0.764. The number of rotatable bonds is 4. The minimum atomic E-state index is 0.0325. The Kier molecular flexibility index (Phi) is 4.02. The van der Waals surface area contributed by atoms with Gasteiger partial charge in [0.15, 0.2) is 0 Å². The van der Waals surface area contributed by atoms with E-state index in [0.717, 1.165) is 16.8 Å². The second kappa shape index (κ2) is 6.11. The highest BCUT2D eigenvalue weighted by atomic mass is 35.5. The number of hydrogen-bond acceptors (Lipinski definition) is 5. The molecule has 22 heavy (non-hydrogen) atoms. The summed E-state index contributed by atoms with van der Waals surface area (Å²) in [5.74, 6) is 0.467. The van der Waals surface area contributed by atoms with Crippen LogP contribution < -0.4 is 5.32 Å². The van der Waals surface area contributed by atoms with Crippen LogP contribution in [0.25, 0.3) is 11.3 Å². The molecule has 1 atom stereocenters. The SMILES string of the molecule is CC(Nc1nncc(-c2cccc(Cl)c2)n1)c1cnn(C)c1. The molecule has 7 heteroatoms. The predicted octanol–water partition coefficient (Wildman–Crippen LogP) is 3.10. The van der Waals surface area contributed by atoms with Gasteiger partial charge in [-0.05, 0) is 19.1 Å². The van der Waals surface area contributed by atoms with Crippen LogP contribution in [0.5, 0.6) is 0 Å². The molecule has 2 aromatic heterocycles. The van der Waals surface area contributed by atoms with Crippen LogP contribution in [0.3, 0.4) is 0 Å². The van der Waals surface area contributed by atoms with Crippen molar-refractivity contribution in [1.29, 1.82) is 0 Å². The maximum Gasteiger partial charge on any atom is 0.243 e. The van der Waals surface area contributed by atoms with E-state index in [0.29, 0.717) is 11.0 Å². The molecule has 1 N–H and O–H groups in total. The number of aromatic nitrogens is 5. The Morgan fingerprint density at radius 1 is 1.27 bits per heavy atom. The summed E-state index contributed by atoms with van der Waals surface area (Å²) in [5.41, 5.74) is 2.68. The zero-order valence-electron chi connectivity index (χ0n) is 12.2. The van der Waals surface area contributed by atoms with Crippen molar-refractivity contribution in [3.05, 3.63) is 53.4 Å². The highest BCUT2D eigenvalue weighted by Crippen LogP contribution is 2.22. The molecular weight excluding hydrogens is 300 g/mol. The van der Waals surface area contributed by atoms with Gasteiger partial charge in [-0.2, -0.15) is 10.2 Å². The summed E-state index contributed by atoms with van der Waals surface area (Å²) in [6, 6.07) is 7.52. The van der Waals surface area contributed by atoms with Crippen LogP contribution in [0.1, 0.15) is 18.5 Å². The first kappa shape index (κ1) is 14.5. The molecule has 0 saturated carbocycles. The van der Waals surface area contributed by atoms with Gasteiger partial charge in [0.25, 0.3) is 0 Å². The van der Waals surface area contributed by atoms with Crippen molar-refractivity contribution in [3.8, 4) is 11.3 Å². The average molecular weight is 315 g/mol. The highest BCUT2D eigenvalue weighted by molar-refractivity contribution is 6.30. The third kappa shape index (κ3) is 3.23. The van der Waals surface area contributed by atoms with E-state index < -0.39 is 0 Å². The first-order valence-corrected chi connectivity index (χ1v) is 7.20. The Labute approximate surface area is 133 Å². The molecule has 1 unspecified atom stereocenters. The predicted molar refractivity (Wildman–Crippen MR) is 85.5 cm³/mol. The van der Waals surface area contributed by atoms with E-state index >= 15 is 0 Å². The number of hydrogen-bond donors (Lipinski definition) is 1. The van der Waals surface area contributed by atoms with Gasteiger partial charge in [-0.1, -0.05) is 23.7 Å². The van der Waals surface area contributed by atoms with Gasteiger partial charge < -0.3 is 5.32 Å². The van der Waals surface area contributed by atoms with Crippen LogP contribution in [-0.2, 0) is 7.05 Å². The summed E-state index contributed by atoms with van der Waals surface area (Å²) in [6.07, 6.45) is 5.38. The normalized spacial score (nSPS) is 12.1. The zero-order valence-corrected chi connectivity index (χ0v) is 13.0. The molecule has 0 aliphatic rings. The molecule has 6 nitrogen and oxygen atoms in total. The summed E-state index contributed by atoms with van der Waals surface area (Å²) in [5, 5.41) is 16.1. The first-order valence-electron chi connectivity index (χ1n) is 6.82. The van der Waals surface area contributed by atoms with Crippen molar-refractivity contribution in [2.75, 3.05) is 5.32 Å². The largest absolute Gasteiger partial charge is 0.346 e. The molecular formula is C15H15ClN6. The van der Waals surface area contributed by atoms with Gasteiger partial charge in [-0.25, -0.2) is 4.98 Å². The molecule has 2 heterocycles. The second-order valence-electron chi connectivity index (χ2n) is 4.99. The average Bonchev–Trinajstić information content (AvgIpc) is 2.94. The van der Waals surface area contributed by atoms with E-state index in [2.05, 4.69) is 25.6 Å². The van der Waals surface area contributed by atoms with Crippen molar-refractivity contribution in [1.82, 2.24) is 25.0 Å². The molecule has 3 rings (SSSR count). The fraction of sp³-hybridized carbons (Fsp3) is 0.200.